The van der Waals surface area contributed by atoms with Gasteiger partial charge in [-0.15, -0.1) is 13.2 Å². The van der Waals surface area contributed by atoms with Crippen molar-refractivity contribution in [1.82, 2.24) is 10.6 Å². The highest BCUT2D eigenvalue weighted by atomic mass is 16.5. The van der Waals surface area contributed by atoms with Crippen LogP contribution >= 0.6 is 0 Å². The minimum atomic E-state index is -0.621. The van der Waals surface area contributed by atoms with Crippen molar-refractivity contribution in [1.29, 1.82) is 0 Å². The topological polar surface area (TPSA) is 114 Å². The summed E-state index contributed by atoms with van der Waals surface area (Å²) in [4.78, 5) is 36.7. The molecule has 0 unspecified atom stereocenters. The van der Waals surface area contributed by atoms with Crippen molar-refractivity contribution < 1.29 is 29.0 Å². The van der Waals surface area contributed by atoms with Gasteiger partial charge in [0, 0.05) is 12.8 Å². The normalized spacial score (nSPS) is 12.0. The second-order valence-electron chi connectivity index (χ2n) is 8.83. The molecule has 0 fully saturated rings. The molecule has 0 aliphatic rings. The van der Waals surface area contributed by atoms with E-state index in [1.54, 1.807) is 12.2 Å². The van der Waals surface area contributed by atoms with E-state index in [4.69, 9.17) is 9.47 Å². The molecule has 0 heterocycles. The number of esters is 1. The van der Waals surface area contributed by atoms with Crippen LogP contribution in [0.5, 0.6) is 5.75 Å². The number of carbonyl (C=O) groups is 3. The molecular weight excluding hydrogens is 484 g/mol. The summed E-state index contributed by atoms with van der Waals surface area (Å²) in [6, 6.07) is 16.9. The zero-order valence-electron chi connectivity index (χ0n) is 21.8. The van der Waals surface area contributed by atoms with Crippen molar-refractivity contribution in [2.75, 3.05) is 19.8 Å². The van der Waals surface area contributed by atoms with Gasteiger partial charge in [0.2, 0.25) is 11.8 Å². The molecule has 2 aromatic rings. The first-order valence-corrected chi connectivity index (χ1v) is 12.8. The molecule has 2 aromatic carbocycles. The summed E-state index contributed by atoms with van der Waals surface area (Å²) in [6.07, 6.45) is 4.68. The summed E-state index contributed by atoms with van der Waals surface area (Å²) in [5, 5.41) is 15.3. The summed E-state index contributed by atoms with van der Waals surface area (Å²) in [5.41, 5.74) is 2.00. The predicted molar refractivity (Wildman–Crippen MR) is 146 cm³/mol. The first-order valence-electron chi connectivity index (χ1n) is 12.8. The fraction of sp³-hybridized carbons (Fsp3) is 0.367. The molecule has 0 radical (unpaired) electrons. The van der Waals surface area contributed by atoms with Gasteiger partial charge in [-0.05, 0) is 42.5 Å². The predicted octanol–water partition coefficient (Wildman–Crippen LogP) is 3.49. The average molecular weight is 523 g/mol. The third-order valence-electron chi connectivity index (χ3n) is 5.71. The number of ether oxygens (including phenoxy) is 2. The second kappa shape index (κ2) is 17.5. The number of aliphatic hydroxyl groups is 1. The molecule has 0 bridgehead atoms. The van der Waals surface area contributed by atoms with Gasteiger partial charge in [-0.2, -0.15) is 0 Å². The van der Waals surface area contributed by atoms with Gasteiger partial charge in [0.05, 0.1) is 25.1 Å². The summed E-state index contributed by atoms with van der Waals surface area (Å²) in [5.74, 6) is -0.916. The first kappa shape index (κ1) is 30.3. The molecule has 0 aromatic heterocycles. The molecule has 2 rings (SSSR count). The number of carbonyl (C=O) groups excluding carboxylic acids is 3. The molecule has 0 aliphatic heterocycles. The lowest BCUT2D eigenvalue weighted by molar-refractivity contribution is -0.144. The molecule has 38 heavy (non-hydrogen) atoms. The van der Waals surface area contributed by atoms with Crippen molar-refractivity contribution in [3.8, 4) is 5.75 Å². The number of hydrogen-bond donors (Lipinski definition) is 3. The highest BCUT2D eigenvalue weighted by molar-refractivity contribution is 5.86. The highest BCUT2D eigenvalue weighted by Crippen LogP contribution is 2.16. The van der Waals surface area contributed by atoms with Gasteiger partial charge in [0.15, 0.2) is 0 Å². The van der Waals surface area contributed by atoms with E-state index < -0.39 is 12.0 Å². The number of aliphatic hydroxyl groups excluding tert-OH is 1. The van der Waals surface area contributed by atoms with Crippen LogP contribution in [-0.2, 0) is 32.1 Å². The van der Waals surface area contributed by atoms with Crippen LogP contribution in [0.4, 0.5) is 0 Å². The SMILES string of the molecule is C=CCCC(=O)OCCNC(=O)[C@@H](CC=C)CC(=O)N[C@H](CO)Cc1ccc(OCc2ccccc2)cc1. The van der Waals surface area contributed by atoms with E-state index in [1.807, 2.05) is 54.6 Å². The summed E-state index contributed by atoms with van der Waals surface area (Å²) >= 11 is 0. The first-order chi connectivity index (χ1) is 18.4. The van der Waals surface area contributed by atoms with Crippen LogP contribution in [0.25, 0.3) is 0 Å². The van der Waals surface area contributed by atoms with Gasteiger partial charge in [-0.25, -0.2) is 0 Å². The Morgan fingerprint density at radius 1 is 0.974 bits per heavy atom. The van der Waals surface area contributed by atoms with Crippen LogP contribution < -0.4 is 15.4 Å². The number of hydrogen-bond acceptors (Lipinski definition) is 6. The molecule has 2 atom stereocenters. The molecule has 3 N–H and O–H groups in total. The monoisotopic (exact) mass is 522 g/mol. The molecule has 8 nitrogen and oxygen atoms in total. The van der Waals surface area contributed by atoms with E-state index in [0.29, 0.717) is 25.9 Å². The Balaban J connectivity index is 1.78. The number of rotatable bonds is 18. The van der Waals surface area contributed by atoms with Gasteiger partial charge in [-0.3, -0.25) is 14.4 Å². The Hall–Kier alpha value is -3.91. The Labute approximate surface area is 224 Å². The zero-order valence-corrected chi connectivity index (χ0v) is 21.8. The van der Waals surface area contributed by atoms with Crippen LogP contribution in [0.3, 0.4) is 0 Å². The van der Waals surface area contributed by atoms with E-state index in [9.17, 15) is 19.5 Å². The third-order valence-corrected chi connectivity index (χ3v) is 5.71. The van der Waals surface area contributed by atoms with E-state index in [1.165, 1.54) is 0 Å². The van der Waals surface area contributed by atoms with Crippen molar-refractivity contribution in [3.05, 3.63) is 91.0 Å². The molecule has 8 heteroatoms. The Bertz CT molecular complexity index is 1020. The van der Waals surface area contributed by atoms with Crippen LogP contribution in [0.1, 0.15) is 36.8 Å². The van der Waals surface area contributed by atoms with Crippen molar-refractivity contribution in [3.63, 3.8) is 0 Å². The van der Waals surface area contributed by atoms with Gasteiger partial charge in [0.25, 0.3) is 0 Å². The maximum atomic E-state index is 12.7. The number of allylic oxidation sites excluding steroid dienone is 2. The Morgan fingerprint density at radius 2 is 1.71 bits per heavy atom. The van der Waals surface area contributed by atoms with E-state index in [0.717, 1.165) is 16.9 Å². The van der Waals surface area contributed by atoms with Gasteiger partial charge in [0.1, 0.15) is 19.0 Å². The Morgan fingerprint density at radius 3 is 2.37 bits per heavy atom. The lowest BCUT2D eigenvalue weighted by atomic mass is 9.99. The molecule has 2 amide bonds. The number of amides is 2. The van der Waals surface area contributed by atoms with Crippen molar-refractivity contribution in [2.24, 2.45) is 5.92 Å². The van der Waals surface area contributed by atoms with Gasteiger partial charge in [-0.1, -0.05) is 54.6 Å². The second-order valence-corrected chi connectivity index (χ2v) is 8.83. The van der Waals surface area contributed by atoms with Crippen LogP contribution in [0, 0.1) is 5.92 Å². The maximum Gasteiger partial charge on any atom is 0.306 e. The minimum absolute atomic E-state index is 0.0530. The fourth-order valence-electron chi connectivity index (χ4n) is 3.68. The van der Waals surface area contributed by atoms with E-state index in [-0.39, 0.29) is 50.4 Å². The molecule has 0 saturated carbocycles. The smallest absolute Gasteiger partial charge is 0.306 e. The van der Waals surface area contributed by atoms with E-state index >= 15 is 0 Å². The van der Waals surface area contributed by atoms with Crippen LogP contribution in [0.15, 0.2) is 79.9 Å². The highest BCUT2D eigenvalue weighted by Gasteiger charge is 2.22. The van der Waals surface area contributed by atoms with Crippen LogP contribution in [0.2, 0.25) is 0 Å². The zero-order chi connectivity index (χ0) is 27.6. The molecule has 0 saturated heterocycles. The van der Waals surface area contributed by atoms with Gasteiger partial charge >= 0.3 is 5.97 Å². The number of nitrogens with one attached hydrogen (secondary N) is 2. The lowest BCUT2D eigenvalue weighted by Crippen LogP contribution is -2.42. The molecule has 0 spiro atoms. The van der Waals surface area contributed by atoms with E-state index in [2.05, 4.69) is 23.8 Å². The molecule has 204 valence electrons. The molecule has 0 aliphatic carbocycles. The summed E-state index contributed by atoms with van der Waals surface area (Å²) in [7, 11) is 0. The summed E-state index contributed by atoms with van der Waals surface area (Å²) in [6.45, 7) is 7.65. The quantitative estimate of drug-likeness (QED) is 0.157. The third kappa shape index (κ3) is 11.9. The van der Waals surface area contributed by atoms with Crippen LogP contribution in [-0.4, -0.2) is 48.7 Å². The van der Waals surface area contributed by atoms with Crippen molar-refractivity contribution in [2.45, 2.75) is 44.8 Å². The average Bonchev–Trinajstić information content (AvgIpc) is 2.93. The summed E-state index contributed by atoms with van der Waals surface area (Å²) < 4.78 is 10.8. The van der Waals surface area contributed by atoms with Gasteiger partial charge < -0.3 is 25.2 Å². The standard InChI is InChI=1S/C30H38N2O6/c1-3-5-12-29(35)37-18-17-31-30(36)25(9-4-2)20-28(34)32-26(21-33)19-23-13-15-27(16-14-23)38-22-24-10-7-6-8-11-24/h3-4,6-8,10-11,13-16,25-26,33H,1-2,5,9,12,17-22H2,(H,31,36)(H,32,34)/t25-,26-/m0/s1. The largest absolute Gasteiger partial charge is 0.489 e. The Kier molecular flexibility index (Phi) is 14.0. The maximum absolute atomic E-state index is 12.7. The van der Waals surface area contributed by atoms with Crippen molar-refractivity contribution >= 4 is 17.8 Å². The lowest BCUT2D eigenvalue weighted by Gasteiger charge is -2.19. The minimum Gasteiger partial charge on any atom is -0.489 e. The molecular formula is C30H38N2O6. The fourth-order valence-corrected chi connectivity index (χ4v) is 3.68. The number of benzene rings is 2.